The van der Waals surface area contributed by atoms with Gasteiger partial charge in [-0.1, -0.05) is 19.9 Å². The molecule has 4 heteroatoms. The van der Waals surface area contributed by atoms with E-state index in [1.807, 2.05) is 18.2 Å². The summed E-state index contributed by atoms with van der Waals surface area (Å²) in [5.74, 6) is 0.449. The number of carbonyl (C=O) groups excluding carboxylic acids is 1. The van der Waals surface area contributed by atoms with Gasteiger partial charge in [-0.05, 0) is 56.6 Å². The zero-order chi connectivity index (χ0) is 11.4. The molecule has 1 aromatic rings. The lowest BCUT2D eigenvalue weighted by molar-refractivity contribution is 0.0948. The molecule has 0 heterocycles. The third-order valence-electron chi connectivity index (χ3n) is 1.87. The van der Waals surface area contributed by atoms with E-state index in [0.29, 0.717) is 18.0 Å². The topological polar surface area (TPSA) is 29.1 Å². The number of rotatable bonds is 3. The van der Waals surface area contributed by atoms with Crippen molar-refractivity contribution >= 4 is 44.4 Å². The van der Waals surface area contributed by atoms with Gasteiger partial charge in [-0.15, -0.1) is 0 Å². The Balaban J connectivity index is 2.78. The molecule has 0 spiro atoms. The van der Waals surface area contributed by atoms with Crippen LogP contribution in [-0.4, -0.2) is 12.5 Å². The molecule has 0 atom stereocenters. The molecule has 2 nitrogen and oxygen atoms in total. The van der Waals surface area contributed by atoms with E-state index in [9.17, 15) is 4.79 Å². The fraction of sp³-hybridized carbons (Fsp3) is 0.364. The van der Waals surface area contributed by atoms with E-state index in [0.717, 1.165) is 8.04 Å². The second-order valence-corrected chi connectivity index (χ2v) is 5.66. The van der Waals surface area contributed by atoms with E-state index < -0.39 is 0 Å². The van der Waals surface area contributed by atoms with Crippen molar-refractivity contribution in [1.82, 2.24) is 5.32 Å². The molecule has 82 valence electrons. The zero-order valence-electron chi connectivity index (χ0n) is 8.68. The second-order valence-electron chi connectivity index (χ2n) is 3.71. The highest BCUT2D eigenvalue weighted by molar-refractivity contribution is 14.1. The number of nitrogens with one attached hydrogen (secondary N) is 1. The van der Waals surface area contributed by atoms with E-state index >= 15 is 0 Å². The van der Waals surface area contributed by atoms with Crippen molar-refractivity contribution < 1.29 is 4.79 Å². The van der Waals surface area contributed by atoms with Crippen molar-refractivity contribution in [2.75, 3.05) is 6.54 Å². The molecule has 0 saturated heterocycles. The van der Waals surface area contributed by atoms with Gasteiger partial charge in [-0.3, -0.25) is 4.79 Å². The normalized spacial score (nSPS) is 10.5. The lowest BCUT2D eigenvalue weighted by Crippen LogP contribution is -2.27. The van der Waals surface area contributed by atoms with E-state index in [4.69, 9.17) is 0 Å². The van der Waals surface area contributed by atoms with Crippen molar-refractivity contribution in [3.05, 3.63) is 31.8 Å². The zero-order valence-corrected chi connectivity index (χ0v) is 12.4. The molecule has 0 radical (unpaired) electrons. The van der Waals surface area contributed by atoms with E-state index in [2.05, 4.69) is 57.7 Å². The Morgan fingerprint density at radius 1 is 1.53 bits per heavy atom. The van der Waals surface area contributed by atoms with Gasteiger partial charge in [-0.2, -0.15) is 0 Å². The SMILES string of the molecule is CC(C)CNC(=O)c1cccc(I)c1Br. The quantitative estimate of drug-likeness (QED) is 0.798. The predicted octanol–water partition coefficient (Wildman–Crippen LogP) is 3.44. The first-order chi connectivity index (χ1) is 7.02. The summed E-state index contributed by atoms with van der Waals surface area (Å²) in [5, 5.41) is 2.89. The maximum Gasteiger partial charge on any atom is 0.252 e. The Bertz CT molecular complexity index is 366. The van der Waals surface area contributed by atoms with Crippen LogP contribution in [0.4, 0.5) is 0 Å². The second kappa shape index (κ2) is 5.84. The number of carbonyl (C=O) groups is 1. The Morgan fingerprint density at radius 2 is 2.20 bits per heavy atom. The van der Waals surface area contributed by atoms with Crippen molar-refractivity contribution in [3.63, 3.8) is 0 Å². The first kappa shape index (κ1) is 13.0. The Hall–Kier alpha value is -0.100. The molecular formula is C11H13BrINO. The number of amides is 1. The van der Waals surface area contributed by atoms with Crippen LogP contribution >= 0.6 is 38.5 Å². The third-order valence-corrected chi connectivity index (χ3v) is 4.36. The highest BCUT2D eigenvalue weighted by atomic mass is 127. The fourth-order valence-corrected chi connectivity index (χ4v) is 2.01. The smallest absolute Gasteiger partial charge is 0.252 e. The van der Waals surface area contributed by atoms with Crippen LogP contribution in [0.3, 0.4) is 0 Å². The Kier molecular flexibility index (Phi) is 5.05. The van der Waals surface area contributed by atoms with Crippen LogP contribution in [0.2, 0.25) is 0 Å². The van der Waals surface area contributed by atoms with Gasteiger partial charge in [0.05, 0.1) is 5.56 Å². The molecule has 1 amide bonds. The average molecular weight is 382 g/mol. The predicted molar refractivity (Wildman–Crippen MR) is 74.0 cm³/mol. The van der Waals surface area contributed by atoms with Gasteiger partial charge in [0, 0.05) is 14.6 Å². The van der Waals surface area contributed by atoms with Crippen molar-refractivity contribution in [2.24, 2.45) is 5.92 Å². The van der Waals surface area contributed by atoms with Crippen LogP contribution in [0.5, 0.6) is 0 Å². The maximum atomic E-state index is 11.8. The number of benzene rings is 1. The van der Waals surface area contributed by atoms with Gasteiger partial charge >= 0.3 is 0 Å². The maximum absolute atomic E-state index is 11.8. The summed E-state index contributed by atoms with van der Waals surface area (Å²) in [7, 11) is 0. The Labute approximate surface area is 112 Å². The molecule has 0 aliphatic rings. The third kappa shape index (κ3) is 3.75. The Morgan fingerprint density at radius 3 is 2.80 bits per heavy atom. The monoisotopic (exact) mass is 381 g/mol. The van der Waals surface area contributed by atoms with Gasteiger partial charge in [-0.25, -0.2) is 0 Å². The van der Waals surface area contributed by atoms with Crippen LogP contribution in [0.15, 0.2) is 22.7 Å². The summed E-state index contributed by atoms with van der Waals surface area (Å²) in [4.78, 5) is 11.8. The van der Waals surface area contributed by atoms with Crippen LogP contribution in [0.25, 0.3) is 0 Å². The fourth-order valence-electron chi connectivity index (χ4n) is 1.07. The molecule has 1 aromatic carbocycles. The van der Waals surface area contributed by atoms with Gasteiger partial charge in [0.1, 0.15) is 0 Å². The summed E-state index contributed by atoms with van der Waals surface area (Å²) in [6.45, 7) is 4.85. The summed E-state index contributed by atoms with van der Waals surface area (Å²) < 4.78 is 1.91. The van der Waals surface area contributed by atoms with Gasteiger partial charge < -0.3 is 5.32 Å². The molecule has 0 fully saturated rings. The standard InChI is InChI=1S/C11H13BrINO/c1-7(2)6-14-11(15)8-4-3-5-9(13)10(8)12/h3-5,7H,6H2,1-2H3,(H,14,15). The van der Waals surface area contributed by atoms with Crippen molar-refractivity contribution in [3.8, 4) is 0 Å². The lowest BCUT2D eigenvalue weighted by atomic mass is 10.2. The summed E-state index contributed by atoms with van der Waals surface area (Å²) in [6.07, 6.45) is 0. The summed E-state index contributed by atoms with van der Waals surface area (Å²) >= 11 is 5.62. The molecule has 0 aliphatic carbocycles. The van der Waals surface area contributed by atoms with Crippen molar-refractivity contribution in [2.45, 2.75) is 13.8 Å². The molecular weight excluding hydrogens is 369 g/mol. The molecule has 15 heavy (non-hydrogen) atoms. The molecule has 0 saturated carbocycles. The lowest BCUT2D eigenvalue weighted by Gasteiger charge is -2.09. The highest BCUT2D eigenvalue weighted by Gasteiger charge is 2.11. The molecule has 1 rings (SSSR count). The van der Waals surface area contributed by atoms with Gasteiger partial charge in [0.15, 0.2) is 0 Å². The molecule has 0 unspecified atom stereocenters. The van der Waals surface area contributed by atoms with Crippen molar-refractivity contribution in [1.29, 1.82) is 0 Å². The summed E-state index contributed by atoms with van der Waals surface area (Å²) in [5.41, 5.74) is 0.697. The van der Waals surface area contributed by atoms with Crippen LogP contribution < -0.4 is 5.32 Å². The molecule has 0 bridgehead atoms. The molecule has 0 aromatic heterocycles. The van der Waals surface area contributed by atoms with E-state index in [-0.39, 0.29) is 5.91 Å². The highest BCUT2D eigenvalue weighted by Crippen LogP contribution is 2.23. The summed E-state index contributed by atoms with van der Waals surface area (Å²) in [6, 6.07) is 5.67. The average Bonchev–Trinajstić information content (AvgIpc) is 2.18. The first-order valence-electron chi connectivity index (χ1n) is 4.74. The van der Waals surface area contributed by atoms with Gasteiger partial charge in [0.25, 0.3) is 5.91 Å². The van der Waals surface area contributed by atoms with Gasteiger partial charge in [0.2, 0.25) is 0 Å². The number of hydrogen-bond donors (Lipinski definition) is 1. The van der Waals surface area contributed by atoms with Crippen LogP contribution in [0.1, 0.15) is 24.2 Å². The van der Waals surface area contributed by atoms with E-state index in [1.54, 1.807) is 0 Å². The number of hydrogen-bond acceptors (Lipinski definition) is 1. The minimum atomic E-state index is -0.0194. The molecule has 0 aliphatic heterocycles. The minimum Gasteiger partial charge on any atom is -0.352 e. The largest absolute Gasteiger partial charge is 0.352 e. The minimum absolute atomic E-state index is 0.0194. The van der Waals surface area contributed by atoms with E-state index in [1.165, 1.54) is 0 Å². The molecule has 1 N–H and O–H groups in total. The van der Waals surface area contributed by atoms with Crippen LogP contribution in [0, 0.1) is 9.49 Å². The van der Waals surface area contributed by atoms with Crippen LogP contribution in [-0.2, 0) is 0 Å². The first-order valence-corrected chi connectivity index (χ1v) is 6.61. The number of halogens is 2.